The van der Waals surface area contributed by atoms with Gasteiger partial charge in [0.2, 0.25) is 0 Å². The lowest BCUT2D eigenvalue weighted by atomic mass is 10.0. The van der Waals surface area contributed by atoms with Gasteiger partial charge in [0.15, 0.2) is 23.1 Å². The Bertz CT molecular complexity index is 783. The minimum Gasteiger partial charge on any atom is -0.505 e. The summed E-state index contributed by atoms with van der Waals surface area (Å²) in [5.41, 5.74) is 0.340. The first-order valence-electron chi connectivity index (χ1n) is 9.97. The molecule has 0 unspecified atom stereocenters. The quantitative estimate of drug-likeness (QED) is 0.584. The van der Waals surface area contributed by atoms with E-state index >= 15 is 0 Å². The van der Waals surface area contributed by atoms with E-state index in [0.29, 0.717) is 12.1 Å². The van der Waals surface area contributed by atoms with Gasteiger partial charge >= 0.3 is 0 Å². The summed E-state index contributed by atoms with van der Waals surface area (Å²) in [6, 6.07) is 6.54. The molecule has 2 fully saturated rings. The molecule has 1 saturated carbocycles. The Morgan fingerprint density at radius 2 is 1.76 bits per heavy atom. The number of halogens is 2. The fraction of sp³-hybridized carbons (Fsp3) is 0.455. The molecule has 1 aliphatic carbocycles. The van der Waals surface area contributed by atoms with Crippen LogP contribution in [0.4, 0.5) is 8.78 Å². The number of phenols is 1. The van der Waals surface area contributed by atoms with E-state index in [9.17, 15) is 13.6 Å². The van der Waals surface area contributed by atoms with Crippen LogP contribution in [0, 0.1) is 23.6 Å². The fourth-order valence-electron chi connectivity index (χ4n) is 3.81. The summed E-state index contributed by atoms with van der Waals surface area (Å²) in [5, 5.41) is 17.6. The van der Waals surface area contributed by atoms with Crippen molar-refractivity contribution in [1.82, 2.24) is 9.88 Å². The number of rotatable bonds is 3. The molecule has 2 atom stereocenters. The van der Waals surface area contributed by atoms with Crippen molar-refractivity contribution < 1.29 is 23.8 Å². The number of hydrogen-bond donors (Lipinski definition) is 2. The highest BCUT2D eigenvalue weighted by molar-refractivity contribution is 5.97. The zero-order valence-electron chi connectivity index (χ0n) is 16.8. The Labute approximate surface area is 170 Å². The molecular formula is C22H28F2N2O3. The van der Waals surface area contributed by atoms with Gasteiger partial charge in [-0.2, -0.15) is 4.39 Å². The van der Waals surface area contributed by atoms with Gasteiger partial charge in [-0.3, -0.25) is 9.69 Å². The largest absolute Gasteiger partial charge is 0.505 e. The third kappa shape index (κ3) is 6.22. The minimum atomic E-state index is -0.826. The van der Waals surface area contributed by atoms with E-state index in [-0.39, 0.29) is 5.78 Å². The van der Waals surface area contributed by atoms with Gasteiger partial charge in [-0.1, -0.05) is 20.3 Å². The maximum atomic E-state index is 13.2. The van der Waals surface area contributed by atoms with E-state index in [1.165, 1.54) is 49.7 Å². The van der Waals surface area contributed by atoms with Gasteiger partial charge in [0, 0.05) is 24.8 Å². The molecule has 1 aromatic heterocycles. The van der Waals surface area contributed by atoms with E-state index < -0.39 is 23.3 Å². The number of hydrogen-bond acceptors (Lipinski definition) is 5. The third-order valence-corrected chi connectivity index (χ3v) is 5.18. The number of Topliss-reactive ketones (excluding diaryl/α,β-unsaturated/α-hetero) is 1. The van der Waals surface area contributed by atoms with Crippen LogP contribution in [0.2, 0.25) is 0 Å². The molecule has 1 aliphatic heterocycles. The highest BCUT2D eigenvalue weighted by Gasteiger charge is 2.36. The molecule has 2 N–H and O–H groups in total. The zero-order valence-corrected chi connectivity index (χ0v) is 16.8. The molecule has 1 saturated heterocycles. The van der Waals surface area contributed by atoms with Gasteiger partial charge < -0.3 is 10.2 Å². The Balaban J connectivity index is 0.000000252. The predicted molar refractivity (Wildman–Crippen MR) is 107 cm³/mol. The summed E-state index contributed by atoms with van der Waals surface area (Å²) >= 11 is 0. The number of nitrogens with zero attached hydrogens (tertiary/aromatic N) is 2. The molecule has 5 nitrogen and oxygen atoms in total. The lowest BCUT2D eigenvalue weighted by molar-refractivity contribution is 0.0940. The SMILES string of the molecule is CC.O=C(CN1C[C@H]2CCC[C@H]2C1)c1ccc(O)c(F)c1.Oc1cccnc1F. The fourth-order valence-corrected chi connectivity index (χ4v) is 3.81. The van der Waals surface area contributed by atoms with Crippen molar-refractivity contribution in [2.45, 2.75) is 33.1 Å². The number of phenolic OH excluding ortho intramolecular Hbond substituents is 1. The number of likely N-dealkylation sites (tertiary alicyclic amines) is 1. The molecule has 7 heteroatoms. The highest BCUT2D eigenvalue weighted by Crippen LogP contribution is 2.37. The number of ketones is 1. The van der Waals surface area contributed by atoms with E-state index in [2.05, 4.69) is 9.88 Å². The van der Waals surface area contributed by atoms with Crippen LogP contribution in [0.3, 0.4) is 0 Å². The lowest BCUT2D eigenvalue weighted by Crippen LogP contribution is -2.28. The first kappa shape index (κ1) is 22.7. The van der Waals surface area contributed by atoms with Crippen molar-refractivity contribution >= 4 is 5.78 Å². The molecule has 158 valence electrons. The van der Waals surface area contributed by atoms with Crippen molar-refractivity contribution in [3.8, 4) is 11.5 Å². The second-order valence-corrected chi connectivity index (χ2v) is 7.05. The average Bonchev–Trinajstić information content (AvgIpc) is 3.30. The number of carbonyl (C=O) groups is 1. The van der Waals surface area contributed by atoms with Crippen molar-refractivity contribution in [3.05, 3.63) is 53.9 Å². The normalized spacial score (nSPS) is 20.1. The summed E-state index contributed by atoms with van der Waals surface area (Å²) in [6.45, 7) is 6.35. The lowest BCUT2D eigenvalue weighted by Gasteiger charge is -2.15. The molecule has 0 radical (unpaired) electrons. The van der Waals surface area contributed by atoms with Gasteiger partial charge in [0.05, 0.1) is 6.54 Å². The molecular weight excluding hydrogens is 378 g/mol. The molecule has 0 amide bonds. The zero-order chi connectivity index (χ0) is 21.4. The Hall–Kier alpha value is -2.54. The summed E-state index contributed by atoms with van der Waals surface area (Å²) < 4.78 is 25.2. The van der Waals surface area contributed by atoms with E-state index in [1.54, 1.807) is 0 Å². The van der Waals surface area contributed by atoms with Crippen molar-refractivity contribution in [2.75, 3.05) is 19.6 Å². The number of aromatic hydroxyl groups is 2. The maximum absolute atomic E-state index is 13.2. The molecule has 0 spiro atoms. The molecule has 2 aromatic rings. The van der Waals surface area contributed by atoms with E-state index in [1.807, 2.05) is 13.8 Å². The second kappa shape index (κ2) is 10.9. The van der Waals surface area contributed by atoms with Crippen LogP contribution >= 0.6 is 0 Å². The molecule has 1 aromatic carbocycles. The van der Waals surface area contributed by atoms with Gasteiger partial charge in [0.1, 0.15) is 0 Å². The third-order valence-electron chi connectivity index (χ3n) is 5.18. The van der Waals surface area contributed by atoms with Crippen molar-refractivity contribution in [2.24, 2.45) is 11.8 Å². The number of fused-ring (bicyclic) bond motifs is 1. The first-order valence-corrected chi connectivity index (χ1v) is 9.97. The first-order chi connectivity index (χ1) is 13.9. The molecule has 4 rings (SSSR count). The standard InChI is InChI=1S/C15H18FNO2.C5H4FNO.C2H6/c16-13-6-10(4-5-14(13)18)15(19)9-17-7-11-2-1-3-12(11)8-17;6-5-4(8)2-1-3-7-5;1-2/h4-6,11-12,18H,1-3,7-9H2;1-3,8H;1-2H3/t11-,12+;;. The minimum absolute atomic E-state index is 0.0705. The van der Waals surface area contributed by atoms with Crippen LogP contribution in [-0.2, 0) is 0 Å². The van der Waals surface area contributed by atoms with Gasteiger partial charge in [0.25, 0.3) is 5.95 Å². The number of aromatic nitrogens is 1. The molecule has 29 heavy (non-hydrogen) atoms. The molecule has 2 aliphatic rings. The van der Waals surface area contributed by atoms with Crippen LogP contribution in [0.25, 0.3) is 0 Å². The maximum Gasteiger partial charge on any atom is 0.254 e. The van der Waals surface area contributed by atoms with Crippen LogP contribution in [0.15, 0.2) is 36.5 Å². The summed E-state index contributed by atoms with van der Waals surface area (Å²) in [4.78, 5) is 17.4. The van der Waals surface area contributed by atoms with Crippen LogP contribution in [0.1, 0.15) is 43.5 Å². The summed E-state index contributed by atoms with van der Waals surface area (Å²) in [6.07, 6.45) is 5.15. The van der Waals surface area contributed by atoms with Crippen LogP contribution in [0.5, 0.6) is 11.5 Å². The van der Waals surface area contributed by atoms with Gasteiger partial charge in [-0.05, 0) is 55.0 Å². The van der Waals surface area contributed by atoms with Gasteiger partial charge in [-0.15, -0.1) is 0 Å². The Kier molecular flexibility index (Phi) is 8.51. The highest BCUT2D eigenvalue weighted by atomic mass is 19.1. The predicted octanol–water partition coefficient (Wildman–Crippen LogP) is 4.40. The monoisotopic (exact) mass is 406 g/mol. The van der Waals surface area contributed by atoms with Crippen LogP contribution < -0.4 is 0 Å². The molecule has 0 bridgehead atoms. The molecule has 2 heterocycles. The smallest absolute Gasteiger partial charge is 0.254 e. The average molecular weight is 406 g/mol. The number of benzene rings is 1. The summed E-state index contributed by atoms with van der Waals surface area (Å²) in [7, 11) is 0. The Morgan fingerprint density at radius 1 is 1.10 bits per heavy atom. The van der Waals surface area contributed by atoms with Crippen LogP contribution in [-0.4, -0.2) is 45.5 Å². The van der Waals surface area contributed by atoms with Gasteiger partial charge in [-0.25, -0.2) is 9.37 Å². The van der Waals surface area contributed by atoms with E-state index in [0.717, 1.165) is 31.0 Å². The second-order valence-electron chi connectivity index (χ2n) is 7.05. The number of pyridine rings is 1. The van der Waals surface area contributed by atoms with E-state index in [4.69, 9.17) is 10.2 Å². The Morgan fingerprint density at radius 3 is 2.28 bits per heavy atom. The van der Waals surface area contributed by atoms with Crippen molar-refractivity contribution in [1.29, 1.82) is 0 Å². The topological polar surface area (TPSA) is 73.7 Å². The summed E-state index contributed by atoms with van der Waals surface area (Å²) in [5.74, 6) is -0.941. The van der Waals surface area contributed by atoms with Crippen molar-refractivity contribution in [3.63, 3.8) is 0 Å². The number of carbonyl (C=O) groups excluding carboxylic acids is 1.